The molecule has 1 N–H and O–H groups in total. The van der Waals surface area contributed by atoms with Crippen molar-refractivity contribution < 1.29 is 0 Å². The first-order chi connectivity index (χ1) is 9.38. The number of imidazole rings is 2. The predicted octanol–water partition coefficient (Wildman–Crippen LogP) is 1.38. The summed E-state index contributed by atoms with van der Waals surface area (Å²) in [4.78, 5) is 8.84. The van der Waals surface area contributed by atoms with Gasteiger partial charge in [-0.15, -0.1) is 0 Å². The van der Waals surface area contributed by atoms with Crippen LogP contribution in [-0.2, 0) is 32.5 Å². The highest BCUT2D eigenvalue weighted by Crippen LogP contribution is 2.17. The van der Waals surface area contributed by atoms with E-state index in [1.54, 1.807) is 0 Å². The van der Waals surface area contributed by atoms with Gasteiger partial charge in [0.2, 0.25) is 0 Å². The maximum atomic E-state index is 4.77. The summed E-state index contributed by atoms with van der Waals surface area (Å²) in [5.41, 5.74) is 2.70. The van der Waals surface area contributed by atoms with Gasteiger partial charge in [0, 0.05) is 57.1 Å². The summed E-state index contributed by atoms with van der Waals surface area (Å²) in [7, 11) is 0. The molecule has 2 aromatic rings. The summed E-state index contributed by atoms with van der Waals surface area (Å²) >= 11 is 0. The molecule has 1 aliphatic heterocycles. The van der Waals surface area contributed by atoms with Crippen LogP contribution in [0, 0.1) is 0 Å². The molecule has 0 saturated carbocycles. The first-order valence-electron chi connectivity index (χ1n) is 7.12. The topological polar surface area (TPSA) is 47.7 Å². The fraction of sp³-hybridized carbons (Fsp3) is 0.571. The average molecular weight is 259 g/mol. The third-order valence-corrected chi connectivity index (χ3v) is 3.74. The first kappa shape index (κ1) is 12.4. The number of hydrogen-bond acceptors (Lipinski definition) is 3. The Morgan fingerprint density at radius 3 is 3.11 bits per heavy atom. The fourth-order valence-electron chi connectivity index (χ4n) is 2.79. The van der Waals surface area contributed by atoms with Crippen molar-refractivity contribution in [1.82, 2.24) is 24.4 Å². The molecule has 5 heteroatoms. The van der Waals surface area contributed by atoms with E-state index in [0.717, 1.165) is 45.4 Å². The van der Waals surface area contributed by atoms with Gasteiger partial charge in [0.25, 0.3) is 0 Å². The second-order valence-corrected chi connectivity index (χ2v) is 5.01. The highest BCUT2D eigenvalue weighted by molar-refractivity contribution is 5.20. The van der Waals surface area contributed by atoms with Crippen LogP contribution >= 0.6 is 0 Å². The molecular formula is C14H21N5. The zero-order valence-electron chi connectivity index (χ0n) is 11.5. The van der Waals surface area contributed by atoms with Gasteiger partial charge in [-0.05, 0) is 6.42 Å². The maximum Gasteiger partial charge on any atom is 0.108 e. The van der Waals surface area contributed by atoms with E-state index in [1.807, 2.05) is 18.7 Å². The van der Waals surface area contributed by atoms with E-state index in [-0.39, 0.29) is 0 Å². The fourth-order valence-corrected chi connectivity index (χ4v) is 2.79. The Bertz CT molecular complexity index is 526. The predicted molar refractivity (Wildman–Crippen MR) is 73.9 cm³/mol. The standard InChI is InChI=1S/C14H21N5/c1-2-14-17-12-10-15-5-4-13(12)19(14)8-3-7-18-9-6-16-11-18/h6,9,11,15H,2-5,7-8,10H2,1H3. The molecule has 0 amide bonds. The third kappa shape index (κ3) is 2.56. The van der Waals surface area contributed by atoms with Crippen molar-refractivity contribution in [2.45, 2.75) is 45.8 Å². The van der Waals surface area contributed by atoms with Crippen molar-refractivity contribution in [2.24, 2.45) is 0 Å². The molecule has 0 radical (unpaired) electrons. The van der Waals surface area contributed by atoms with E-state index in [1.165, 1.54) is 17.2 Å². The Labute approximate surface area is 113 Å². The molecule has 102 valence electrons. The lowest BCUT2D eigenvalue weighted by Gasteiger charge is -2.16. The van der Waals surface area contributed by atoms with Crippen LogP contribution in [0.2, 0.25) is 0 Å². The molecule has 0 aromatic carbocycles. The van der Waals surface area contributed by atoms with E-state index in [4.69, 9.17) is 4.98 Å². The minimum atomic E-state index is 0.927. The zero-order valence-corrected chi connectivity index (χ0v) is 11.5. The minimum absolute atomic E-state index is 0.927. The summed E-state index contributed by atoms with van der Waals surface area (Å²) in [5.74, 6) is 1.24. The molecule has 0 fully saturated rings. The molecular weight excluding hydrogens is 238 g/mol. The molecule has 5 nitrogen and oxygen atoms in total. The van der Waals surface area contributed by atoms with Gasteiger partial charge < -0.3 is 14.5 Å². The van der Waals surface area contributed by atoms with Crippen molar-refractivity contribution in [3.8, 4) is 0 Å². The Kier molecular flexibility index (Phi) is 3.64. The summed E-state index contributed by atoms with van der Waals surface area (Å²) in [5, 5.41) is 3.40. The molecule has 2 aromatic heterocycles. The monoisotopic (exact) mass is 259 g/mol. The Morgan fingerprint density at radius 2 is 2.32 bits per heavy atom. The molecule has 0 bridgehead atoms. The average Bonchev–Trinajstić information content (AvgIpc) is 3.06. The van der Waals surface area contributed by atoms with Crippen LogP contribution in [0.5, 0.6) is 0 Å². The SMILES string of the molecule is CCc1nc2c(n1CCCn1ccnc1)CCNC2. The van der Waals surface area contributed by atoms with Gasteiger partial charge in [-0.3, -0.25) is 0 Å². The normalized spacial score (nSPS) is 14.6. The third-order valence-electron chi connectivity index (χ3n) is 3.74. The molecule has 0 aliphatic carbocycles. The van der Waals surface area contributed by atoms with Gasteiger partial charge in [0.15, 0.2) is 0 Å². The Balaban J connectivity index is 1.70. The lowest BCUT2D eigenvalue weighted by atomic mass is 10.2. The number of rotatable bonds is 5. The molecule has 0 spiro atoms. The molecule has 0 saturated heterocycles. The highest BCUT2D eigenvalue weighted by atomic mass is 15.1. The molecule has 3 rings (SSSR count). The van der Waals surface area contributed by atoms with Crippen molar-refractivity contribution in [3.05, 3.63) is 35.9 Å². The van der Waals surface area contributed by atoms with Crippen molar-refractivity contribution in [1.29, 1.82) is 0 Å². The van der Waals surface area contributed by atoms with Crippen molar-refractivity contribution >= 4 is 0 Å². The molecule has 3 heterocycles. The number of nitrogens with one attached hydrogen (secondary N) is 1. The van der Waals surface area contributed by atoms with Crippen molar-refractivity contribution in [3.63, 3.8) is 0 Å². The van der Waals surface area contributed by atoms with E-state index < -0.39 is 0 Å². The second kappa shape index (κ2) is 5.57. The smallest absolute Gasteiger partial charge is 0.108 e. The molecule has 19 heavy (non-hydrogen) atoms. The number of aryl methyl sites for hydroxylation is 2. The van der Waals surface area contributed by atoms with Gasteiger partial charge in [-0.2, -0.15) is 0 Å². The van der Waals surface area contributed by atoms with Gasteiger partial charge >= 0.3 is 0 Å². The van der Waals surface area contributed by atoms with Crippen LogP contribution in [0.1, 0.15) is 30.6 Å². The van der Waals surface area contributed by atoms with Crippen LogP contribution in [-0.4, -0.2) is 25.6 Å². The van der Waals surface area contributed by atoms with Crippen LogP contribution in [0.4, 0.5) is 0 Å². The number of nitrogens with zero attached hydrogens (tertiary/aromatic N) is 4. The number of fused-ring (bicyclic) bond motifs is 1. The second-order valence-electron chi connectivity index (χ2n) is 5.01. The summed E-state index contributed by atoms with van der Waals surface area (Å²) in [6.07, 6.45) is 8.98. The Hall–Kier alpha value is -1.62. The van der Waals surface area contributed by atoms with Gasteiger partial charge in [-0.1, -0.05) is 6.92 Å². The van der Waals surface area contributed by atoms with Gasteiger partial charge in [0.05, 0.1) is 12.0 Å². The maximum absolute atomic E-state index is 4.77. The van der Waals surface area contributed by atoms with Crippen LogP contribution in [0.25, 0.3) is 0 Å². The summed E-state index contributed by atoms with van der Waals surface area (Å²) in [6, 6.07) is 0. The summed E-state index contributed by atoms with van der Waals surface area (Å²) in [6.45, 7) is 6.27. The quantitative estimate of drug-likeness (QED) is 0.882. The minimum Gasteiger partial charge on any atom is -0.337 e. The molecule has 1 aliphatic rings. The largest absolute Gasteiger partial charge is 0.337 e. The lowest BCUT2D eigenvalue weighted by molar-refractivity contribution is 0.524. The molecule has 0 unspecified atom stereocenters. The van der Waals surface area contributed by atoms with E-state index in [9.17, 15) is 0 Å². The van der Waals surface area contributed by atoms with E-state index in [2.05, 4.69) is 26.4 Å². The van der Waals surface area contributed by atoms with Crippen LogP contribution < -0.4 is 5.32 Å². The first-order valence-corrected chi connectivity index (χ1v) is 7.12. The molecule has 0 atom stereocenters. The van der Waals surface area contributed by atoms with Gasteiger partial charge in [-0.25, -0.2) is 9.97 Å². The zero-order chi connectivity index (χ0) is 13.1. The number of aromatic nitrogens is 4. The van der Waals surface area contributed by atoms with Crippen LogP contribution in [0.3, 0.4) is 0 Å². The van der Waals surface area contributed by atoms with E-state index >= 15 is 0 Å². The Morgan fingerprint density at radius 1 is 1.37 bits per heavy atom. The van der Waals surface area contributed by atoms with Crippen molar-refractivity contribution in [2.75, 3.05) is 6.54 Å². The highest BCUT2D eigenvalue weighted by Gasteiger charge is 2.18. The lowest BCUT2D eigenvalue weighted by Crippen LogP contribution is -2.25. The number of hydrogen-bond donors (Lipinski definition) is 1. The van der Waals surface area contributed by atoms with Crippen LogP contribution in [0.15, 0.2) is 18.7 Å². The summed E-state index contributed by atoms with van der Waals surface area (Å²) < 4.78 is 4.57. The van der Waals surface area contributed by atoms with E-state index in [0.29, 0.717) is 0 Å². The van der Waals surface area contributed by atoms with Gasteiger partial charge in [0.1, 0.15) is 5.82 Å².